The Bertz CT molecular complexity index is 1300. The van der Waals surface area contributed by atoms with Crippen LogP contribution in [0.15, 0.2) is 78.0 Å². The summed E-state index contributed by atoms with van der Waals surface area (Å²) in [5, 5.41) is 22.8. The van der Waals surface area contributed by atoms with E-state index in [0.717, 1.165) is 22.6 Å². The highest BCUT2D eigenvalue weighted by molar-refractivity contribution is 7.99. The number of nitro groups is 1. The first kappa shape index (κ1) is 23.0. The van der Waals surface area contributed by atoms with Gasteiger partial charge in [0.1, 0.15) is 5.75 Å². The van der Waals surface area contributed by atoms with Crippen LogP contribution < -0.4 is 10.1 Å². The Balaban J connectivity index is 1.56. The van der Waals surface area contributed by atoms with Crippen LogP contribution in [-0.4, -0.2) is 38.5 Å². The number of carbonyl (C=O) groups is 1. The van der Waals surface area contributed by atoms with Crippen molar-refractivity contribution in [2.24, 2.45) is 0 Å². The quantitative estimate of drug-likeness (QED) is 0.219. The average molecular weight is 476 g/mol. The van der Waals surface area contributed by atoms with Gasteiger partial charge in [-0.3, -0.25) is 19.5 Å². The zero-order chi connectivity index (χ0) is 24.1. The molecule has 4 aromatic rings. The number of nitrogens with one attached hydrogen (secondary N) is 1. The number of anilines is 1. The Labute approximate surface area is 199 Å². The number of carbonyl (C=O) groups excluding carboxylic acids is 1. The summed E-state index contributed by atoms with van der Waals surface area (Å²) in [5.41, 5.74) is 3.30. The molecule has 0 bridgehead atoms. The molecule has 0 aliphatic heterocycles. The predicted molar refractivity (Wildman–Crippen MR) is 131 cm³/mol. The molecule has 1 amide bonds. The lowest BCUT2D eigenvalue weighted by Gasteiger charge is -2.11. The van der Waals surface area contributed by atoms with Gasteiger partial charge < -0.3 is 10.1 Å². The van der Waals surface area contributed by atoms with E-state index >= 15 is 0 Å². The maximum absolute atomic E-state index is 12.5. The number of aryl methyl sites for hydroxylation is 1. The molecule has 4 rings (SSSR count). The number of rotatable bonds is 8. The molecule has 0 atom stereocenters. The molecule has 0 aliphatic carbocycles. The molecule has 1 N–H and O–H groups in total. The Morgan fingerprint density at radius 3 is 2.32 bits per heavy atom. The zero-order valence-corrected chi connectivity index (χ0v) is 19.3. The van der Waals surface area contributed by atoms with Gasteiger partial charge in [-0.25, -0.2) is 0 Å². The molecule has 1 heterocycles. The van der Waals surface area contributed by atoms with Crippen LogP contribution in [0.2, 0.25) is 0 Å². The normalized spacial score (nSPS) is 10.6. The molecule has 0 unspecified atom stereocenters. The van der Waals surface area contributed by atoms with E-state index in [-0.39, 0.29) is 17.3 Å². The lowest BCUT2D eigenvalue weighted by molar-refractivity contribution is -0.384. The fraction of sp³-hybridized carbons (Fsp3) is 0.125. The molecule has 0 saturated carbocycles. The number of ether oxygens (including phenoxy) is 1. The van der Waals surface area contributed by atoms with E-state index in [1.54, 1.807) is 7.11 Å². The topological polar surface area (TPSA) is 112 Å². The lowest BCUT2D eigenvalue weighted by atomic mass is 10.2. The SMILES string of the molecule is COc1ccc(-c2nnc(SCC(=O)Nc3ccc([N+](=O)[O-])cc3)n2-c2ccc(C)cc2)cc1. The molecule has 1 aromatic heterocycles. The average Bonchev–Trinajstić information content (AvgIpc) is 3.27. The highest BCUT2D eigenvalue weighted by Gasteiger charge is 2.18. The first-order valence-electron chi connectivity index (χ1n) is 10.3. The van der Waals surface area contributed by atoms with Crippen LogP contribution in [0.1, 0.15) is 5.56 Å². The smallest absolute Gasteiger partial charge is 0.269 e. The fourth-order valence-corrected chi connectivity index (χ4v) is 3.96. The number of nitrogens with zero attached hydrogens (tertiary/aromatic N) is 4. The second-order valence-corrected chi connectivity index (χ2v) is 8.29. The van der Waals surface area contributed by atoms with Crippen molar-refractivity contribution in [2.75, 3.05) is 18.2 Å². The third-order valence-corrected chi connectivity index (χ3v) is 5.90. The number of aromatic nitrogens is 3. The number of thioether (sulfide) groups is 1. The molecule has 0 radical (unpaired) electrons. The van der Waals surface area contributed by atoms with Crippen molar-refractivity contribution in [3.05, 3.63) is 88.5 Å². The maximum atomic E-state index is 12.5. The lowest BCUT2D eigenvalue weighted by Crippen LogP contribution is -2.14. The summed E-state index contributed by atoms with van der Waals surface area (Å²) in [5.74, 6) is 1.21. The van der Waals surface area contributed by atoms with Crippen LogP contribution in [0.25, 0.3) is 17.1 Å². The number of hydrogen-bond donors (Lipinski definition) is 1. The molecule has 9 nitrogen and oxygen atoms in total. The van der Waals surface area contributed by atoms with Gasteiger partial charge in [0.15, 0.2) is 11.0 Å². The Hall–Kier alpha value is -4.18. The number of amides is 1. The summed E-state index contributed by atoms with van der Waals surface area (Å²) in [6.45, 7) is 2.01. The van der Waals surface area contributed by atoms with Gasteiger partial charge in [0.25, 0.3) is 5.69 Å². The van der Waals surface area contributed by atoms with Crippen LogP contribution in [0.5, 0.6) is 5.75 Å². The fourth-order valence-electron chi connectivity index (χ4n) is 3.21. The van der Waals surface area contributed by atoms with Crippen molar-refractivity contribution in [2.45, 2.75) is 12.1 Å². The monoisotopic (exact) mass is 475 g/mol. The summed E-state index contributed by atoms with van der Waals surface area (Å²) in [4.78, 5) is 22.8. The van der Waals surface area contributed by atoms with Crippen LogP contribution in [0.3, 0.4) is 0 Å². The van der Waals surface area contributed by atoms with Gasteiger partial charge in [-0.05, 0) is 55.5 Å². The molecule has 3 aromatic carbocycles. The Morgan fingerprint density at radius 2 is 1.71 bits per heavy atom. The zero-order valence-electron chi connectivity index (χ0n) is 18.5. The van der Waals surface area contributed by atoms with Crippen molar-refractivity contribution in [1.82, 2.24) is 14.8 Å². The van der Waals surface area contributed by atoms with Gasteiger partial charge in [-0.15, -0.1) is 10.2 Å². The first-order chi connectivity index (χ1) is 16.4. The molecule has 10 heteroatoms. The number of non-ortho nitro benzene ring substituents is 1. The predicted octanol–water partition coefficient (Wildman–Crippen LogP) is 4.89. The van der Waals surface area contributed by atoms with Crippen molar-refractivity contribution in [3.8, 4) is 22.8 Å². The Kier molecular flexibility index (Phi) is 6.88. The minimum atomic E-state index is -0.486. The minimum absolute atomic E-state index is 0.0374. The molecule has 34 heavy (non-hydrogen) atoms. The molecule has 0 saturated heterocycles. The molecular weight excluding hydrogens is 454 g/mol. The van der Waals surface area contributed by atoms with Crippen LogP contribution in [0, 0.1) is 17.0 Å². The summed E-state index contributed by atoms with van der Waals surface area (Å²) in [6, 6.07) is 21.2. The Morgan fingerprint density at radius 1 is 1.03 bits per heavy atom. The van der Waals surface area contributed by atoms with Crippen molar-refractivity contribution in [3.63, 3.8) is 0 Å². The second kappa shape index (κ2) is 10.2. The van der Waals surface area contributed by atoms with Crippen LogP contribution in [-0.2, 0) is 4.79 Å². The molecule has 0 spiro atoms. The number of nitro benzene ring substituents is 1. The largest absolute Gasteiger partial charge is 0.497 e. The second-order valence-electron chi connectivity index (χ2n) is 7.35. The minimum Gasteiger partial charge on any atom is -0.497 e. The van der Waals surface area contributed by atoms with Crippen molar-refractivity contribution >= 4 is 29.0 Å². The van der Waals surface area contributed by atoms with Gasteiger partial charge in [0.2, 0.25) is 5.91 Å². The van der Waals surface area contributed by atoms with E-state index in [9.17, 15) is 14.9 Å². The van der Waals surface area contributed by atoms with E-state index in [0.29, 0.717) is 16.7 Å². The van der Waals surface area contributed by atoms with Crippen LogP contribution >= 0.6 is 11.8 Å². The van der Waals surface area contributed by atoms with Crippen molar-refractivity contribution in [1.29, 1.82) is 0 Å². The number of methoxy groups -OCH3 is 1. The van der Waals surface area contributed by atoms with E-state index < -0.39 is 4.92 Å². The molecule has 172 valence electrons. The van der Waals surface area contributed by atoms with Gasteiger partial charge in [0, 0.05) is 29.1 Å². The summed E-state index contributed by atoms with van der Waals surface area (Å²) >= 11 is 1.25. The number of hydrogen-bond acceptors (Lipinski definition) is 7. The third-order valence-electron chi connectivity index (χ3n) is 4.97. The maximum Gasteiger partial charge on any atom is 0.269 e. The van der Waals surface area contributed by atoms with Crippen molar-refractivity contribution < 1.29 is 14.5 Å². The highest BCUT2D eigenvalue weighted by atomic mass is 32.2. The summed E-state index contributed by atoms with van der Waals surface area (Å²) < 4.78 is 7.15. The highest BCUT2D eigenvalue weighted by Crippen LogP contribution is 2.29. The van der Waals surface area contributed by atoms with Gasteiger partial charge in [0.05, 0.1) is 17.8 Å². The summed E-state index contributed by atoms with van der Waals surface area (Å²) in [7, 11) is 1.61. The molecular formula is C24H21N5O4S. The van der Waals surface area contributed by atoms with E-state index in [1.807, 2.05) is 60.0 Å². The standard InChI is InChI=1S/C24H21N5O4S/c1-16-3-9-19(10-4-16)28-23(17-5-13-21(33-2)14-6-17)26-27-24(28)34-15-22(30)25-18-7-11-20(12-8-18)29(31)32/h3-14H,15H2,1-2H3,(H,25,30). The first-order valence-corrected chi connectivity index (χ1v) is 11.3. The third kappa shape index (κ3) is 5.24. The van der Waals surface area contributed by atoms with E-state index in [4.69, 9.17) is 4.74 Å². The van der Waals surface area contributed by atoms with Crippen LogP contribution in [0.4, 0.5) is 11.4 Å². The van der Waals surface area contributed by atoms with E-state index in [1.165, 1.54) is 36.0 Å². The molecule has 0 fully saturated rings. The van der Waals surface area contributed by atoms with E-state index in [2.05, 4.69) is 15.5 Å². The summed E-state index contributed by atoms with van der Waals surface area (Å²) in [6.07, 6.45) is 0. The number of benzene rings is 3. The van der Waals surface area contributed by atoms with Gasteiger partial charge in [-0.2, -0.15) is 0 Å². The van der Waals surface area contributed by atoms with Gasteiger partial charge in [-0.1, -0.05) is 29.5 Å². The van der Waals surface area contributed by atoms with Gasteiger partial charge >= 0.3 is 0 Å². The molecule has 0 aliphatic rings.